The number of rotatable bonds is 2. The number of aldehydes is 1. The van der Waals surface area contributed by atoms with Crippen LogP contribution in [-0.2, 0) is 9.53 Å². The van der Waals surface area contributed by atoms with E-state index in [0.29, 0.717) is 5.57 Å². The van der Waals surface area contributed by atoms with Crippen LogP contribution in [0.25, 0.3) is 0 Å². The zero-order valence-electron chi connectivity index (χ0n) is 6.23. The van der Waals surface area contributed by atoms with Crippen molar-refractivity contribution in [2.24, 2.45) is 0 Å². The van der Waals surface area contributed by atoms with Crippen LogP contribution in [0, 0.1) is 0 Å². The first-order chi connectivity index (χ1) is 5.27. The monoisotopic (exact) mass is 154 g/mol. The molecule has 0 amide bonds. The summed E-state index contributed by atoms with van der Waals surface area (Å²) in [6, 6.07) is 0. The fraction of sp³-hybridized carbons (Fsp3) is 0.375. The minimum Gasteiger partial charge on any atom is -0.386 e. The minimum atomic E-state index is -0.635. The number of aliphatic hydroxyl groups is 1. The zero-order chi connectivity index (χ0) is 8.27. The summed E-state index contributed by atoms with van der Waals surface area (Å²) >= 11 is 0. The predicted octanol–water partition coefficient (Wildman–Crippen LogP) is 0.0574. The summed E-state index contributed by atoms with van der Waals surface area (Å²) < 4.78 is 4.90. The first-order valence-corrected chi connectivity index (χ1v) is 3.34. The highest BCUT2D eigenvalue weighted by molar-refractivity contribution is 5.78. The summed E-state index contributed by atoms with van der Waals surface area (Å²) in [7, 11) is 1.49. The second-order valence-corrected chi connectivity index (χ2v) is 2.33. The molecule has 11 heavy (non-hydrogen) atoms. The summed E-state index contributed by atoms with van der Waals surface area (Å²) in [6.45, 7) is 0. The second-order valence-electron chi connectivity index (χ2n) is 2.33. The number of carbonyl (C=O) groups excluding carboxylic acids is 1. The van der Waals surface area contributed by atoms with Gasteiger partial charge < -0.3 is 9.84 Å². The number of hydrogen-bond donors (Lipinski definition) is 1. The summed E-state index contributed by atoms with van der Waals surface area (Å²) in [5, 5.41) is 9.21. The molecule has 0 aromatic carbocycles. The molecule has 2 atom stereocenters. The molecule has 3 nitrogen and oxygen atoms in total. The third-order valence-electron chi connectivity index (χ3n) is 1.59. The van der Waals surface area contributed by atoms with Crippen LogP contribution in [0.4, 0.5) is 0 Å². The molecule has 0 saturated carbocycles. The molecule has 1 rings (SSSR count). The highest BCUT2D eigenvalue weighted by Gasteiger charge is 2.16. The molecule has 0 aliphatic heterocycles. The molecular weight excluding hydrogens is 144 g/mol. The maximum Gasteiger partial charge on any atom is 0.149 e. The Hall–Kier alpha value is -0.930. The molecule has 1 aliphatic carbocycles. The highest BCUT2D eigenvalue weighted by atomic mass is 16.5. The quantitative estimate of drug-likeness (QED) is 0.572. The van der Waals surface area contributed by atoms with E-state index < -0.39 is 6.10 Å². The van der Waals surface area contributed by atoms with E-state index in [1.54, 1.807) is 12.2 Å². The van der Waals surface area contributed by atoms with Crippen molar-refractivity contribution in [2.45, 2.75) is 12.2 Å². The van der Waals surface area contributed by atoms with Crippen LogP contribution in [0.3, 0.4) is 0 Å². The fourth-order valence-corrected chi connectivity index (χ4v) is 0.949. The van der Waals surface area contributed by atoms with Crippen molar-refractivity contribution < 1.29 is 14.6 Å². The third kappa shape index (κ3) is 1.76. The van der Waals surface area contributed by atoms with Crippen molar-refractivity contribution in [3.63, 3.8) is 0 Å². The Morgan fingerprint density at radius 1 is 1.73 bits per heavy atom. The normalized spacial score (nSPS) is 29.8. The van der Waals surface area contributed by atoms with E-state index in [9.17, 15) is 9.90 Å². The van der Waals surface area contributed by atoms with Gasteiger partial charge in [-0.25, -0.2) is 0 Å². The SMILES string of the molecule is COC1C=C(C=O)C=CC1O. The van der Waals surface area contributed by atoms with Gasteiger partial charge in [-0.1, -0.05) is 12.2 Å². The number of carbonyl (C=O) groups is 1. The summed E-state index contributed by atoms with van der Waals surface area (Å²) in [6.07, 6.45) is 4.42. The van der Waals surface area contributed by atoms with E-state index in [-0.39, 0.29) is 6.10 Å². The van der Waals surface area contributed by atoms with Gasteiger partial charge in [0.15, 0.2) is 0 Å². The van der Waals surface area contributed by atoms with E-state index in [1.165, 1.54) is 13.2 Å². The van der Waals surface area contributed by atoms with Crippen LogP contribution in [0.15, 0.2) is 23.8 Å². The topological polar surface area (TPSA) is 46.5 Å². The molecule has 60 valence electrons. The largest absolute Gasteiger partial charge is 0.386 e. The Bertz CT molecular complexity index is 205. The number of methoxy groups -OCH3 is 1. The Morgan fingerprint density at radius 2 is 2.45 bits per heavy atom. The van der Waals surface area contributed by atoms with Crippen molar-refractivity contribution in [3.05, 3.63) is 23.8 Å². The van der Waals surface area contributed by atoms with Crippen LogP contribution in [0.2, 0.25) is 0 Å². The van der Waals surface area contributed by atoms with Crippen molar-refractivity contribution in [2.75, 3.05) is 7.11 Å². The van der Waals surface area contributed by atoms with Gasteiger partial charge >= 0.3 is 0 Å². The van der Waals surface area contributed by atoms with Gasteiger partial charge in [0.1, 0.15) is 18.5 Å². The van der Waals surface area contributed by atoms with Crippen LogP contribution >= 0.6 is 0 Å². The van der Waals surface area contributed by atoms with E-state index in [0.717, 1.165) is 6.29 Å². The Morgan fingerprint density at radius 3 is 3.00 bits per heavy atom. The standard InChI is InChI=1S/C8H10O3/c1-11-8-4-6(5-9)2-3-7(8)10/h2-5,7-8,10H,1H3. The van der Waals surface area contributed by atoms with Crippen LogP contribution < -0.4 is 0 Å². The van der Waals surface area contributed by atoms with E-state index in [2.05, 4.69) is 0 Å². The molecule has 0 heterocycles. The van der Waals surface area contributed by atoms with Crippen LogP contribution in [0.5, 0.6) is 0 Å². The molecule has 0 saturated heterocycles. The van der Waals surface area contributed by atoms with Crippen molar-refractivity contribution in [1.82, 2.24) is 0 Å². The van der Waals surface area contributed by atoms with Gasteiger partial charge in [0, 0.05) is 12.7 Å². The van der Waals surface area contributed by atoms with Crippen molar-refractivity contribution >= 4 is 6.29 Å². The Kier molecular flexibility index (Phi) is 2.57. The average Bonchev–Trinajstić information content (AvgIpc) is 2.05. The van der Waals surface area contributed by atoms with Crippen molar-refractivity contribution in [1.29, 1.82) is 0 Å². The molecule has 1 aliphatic rings. The molecule has 0 fully saturated rings. The molecule has 0 spiro atoms. The van der Waals surface area contributed by atoms with Gasteiger partial charge in [-0.05, 0) is 6.08 Å². The Balaban J connectivity index is 2.74. The molecule has 3 heteroatoms. The van der Waals surface area contributed by atoms with Gasteiger partial charge in [-0.3, -0.25) is 4.79 Å². The molecule has 0 radical (unpaired) electrons. The third-order valence-corrected chi connectivity index (χ3v) is 1.59. The van der Waals surface area contributed by atoms with Crippen molar-refractivity contribution in [3.8, 4) is 0 Å². The lowest BCUT2D eigenvalue weighted by Crippen LogP contribution is -2.26. The smallest absolute Gasteiger partial charge is 0.149 e. The lowest BCUT2D eigenvalue weighted by Gasteiger charge is -2.18. The maximum absolute atomic E-state index is 10.3. The maximum atomic E-state index is 10.3. The summed E-state index contributed by atoms with van der Waals surface area (Å²) in [5.74, 6) is 0. The molecular formula is C8H10O3. The van der Waals surface area contributed by atoms with Gasteiger partial charge in [0.25, 0.3) is 0 Å². The first kappa shape index (κ1) is 8.17. The minimum absolute atomic E-state index is 0.389. The lowest BCUT2D eigenvalue weighted by molar-refractivity contribution is -0.104. The molecule has 0 aromatic rings. The van der Waals surface area contributed by atoms with Gasteiger partial charge in [-0.15, -0.1) is 0 Å². The van der Waals surface area contributed by atoms with E-state index >= 15 is 0 Å². The van der Waals surface area contributed by atoms with Gasteiger partial charge in [0.05, 0.1) is 0 Å². The Labute approximate surface area is 65.0 Å². The van der Waals surface area contributed by atoms with Crippen LogP contribution in [-0.4, -0.2) is 30.7 Å². The highest BCUT2D eigenvalue weighted by Crippen LogP contribution is 2.11. The zero-order valence-corrected chi connectivity index (χ0v) is 6.23. The number of ether oxygens (including phenoxy) is 1. The fourth-order valence-electron chi connectivity index (χ4n) is 0.949. The molecule has 0 bridgehead atoms. The number of allylic oxidation sites excluding steroid dienone is 2. The summed E-state index contributed by atoms with van der Waals surface area (Å²) in [5.41, 5.74) is 0.544. The molecule has 2 unspecified atom stereocenters. The van der Waals surface area contributed by atoms with Gasteiger partial charge in [-0.2, -0.15) is 0 Å². The number of aliphatic hydroxyl groups excluding tert-OH is 1. The second kappa shape index (κ2) is 3.46. The predicted molar refractivity (Wildman–Crippen MR) is 40.1 cm³/mol. The van der Waals surface area contributed by atoms with E-state index in [1.807, 2.05) is 0 Å². The van der Waals surface area contributed by atoms with E-state index in [4.69, 9.17) is 4.74 Å². The summed E-state index contributed by atoms with van der Waals surface area (Å²) in [4.78, 5) is 10.3. The lowest BCUT2D eigenvalue weighted by atomic mass is 10.0. The molecule has 0 aromatic heterocycles. The van der Waals surface area contributed by atoms with Crippen LogP contribution in [0.1, 0.15) is 0 Å². The first-order valence-electron chi connectivity index (χ1n) is 3.34. The number of hydrogen-bond acceptors (Lipinski definition) is 3. The van der Waals surface area contributed by atoms with Gasteiger partial charge in [0.2, 0.25) is 0 Å². The average molecular weight is 154 g/mol. The molecule has 1 N–H and O–H groups in total.